The lowest BCUT2D eigenvalue weighted by molar-refractivity contribution is -0.0499. The summed E-state index contributed by atoms with van der Waals surface area (Å²) in [4.78, 5) is 0. The normalized spacial score (nSPS) is 12.4. The van der Waals surface area contributed by atoms with Crippen molar-refractivity contribution in [2.45, 2.75) is 26.1 Å². The number of nitrogens with zero attached hydrogens (tertiary/aromatic N) is 2. The lowest BCUT2D eigenvalue weighted by atomic mass is 10.1. The van der Waals surface area contributed by atoms with Crippen molar-refractivity contribution in [3.63, 3.8) is 0 Å². The molecule has 1 heterocycles. The van der Waals surface area contributed by atoms with Crippen molar-refractivity contribution in [3.8, 4) is 5.75 Å². The lowest BCUT2D eigenvalue weighted by Gasteiger charge is -2.15. The van der Waals surface area contributed by atoms with Crippen LogP contribution < -0.4 is 10.1 Å². The fraction of sp³-hybridized carbons (Fsp3) is 0.267. The van der Waals surface area contributed by atoms with Crippen LogP contribution in [0.25, 0.3) is 6.20 Å². The molecule has 0 spiro atoms. The number of rotatable bonds is 7. The molecule has 0 radical (unpaired) electrons. The van der Waals surface area contributed by atoms with Crippen LogP contribution in [0.3, 0.4) is 0 Å². The molecule has 1 aromatic heterocycles. The third-order valence-corrected chi connectivity index (χ3v) is 3.04. The SMILES string of the molecule is C=Cn1cc(CNC(C)c2cccc(OC(F)F)c2)cn1. The highest BCUT2D eigenvalue weighted by Gasteiger charge is 2.09. The van der Waals surface area contributed by atoms with E-state index in [9.17, 15) is 8.78 Å². The van der Waals surface area contributed by atoms with Crippen LogP contribution in [0, 0.1) is 0 Å². The summed E-state index contributed by atoms with van der Waals surface area (Å²) in [6.45, 7) is 3.39. The fourth-order valence-corrected chi connectivity index (χ4v) is 1.92. The number of hydrogen-bond acceptors (Lipinski definition) is 3. The van der Waals surface area contributed by atoms with Crippen LogP contribution in [0.2, 0.25) is 0 Å². The second-order valence-corrected chi connectivity index (χ2v) is 4.56. The summed E-state index contributed by atoms with van der Waals surface area (Å²) in [7, 11) is 0. The maximum atomic E-state index is 12.2. The van der Waals surface area contributed by atoms with E-state index in [2.05, 4.69) is 21.7 Å². The minimum absolute atomic E-state index is 0.00157. The number of ether oxygens (including phenoxy) is 1. The second-order valence-electron chi connectivity index (χ2n) is 4.56. The van der Waals surface area contributed by atoms with Gasteiger partial charge in [0.15, 0.2) is 0 Å². The molecule has 0 saturated carbocycles. The molecule has 0 aliphatic heterocycles. The van der Waals surface area contributed by atoms with Crippen LogP contribution in [-0.2, 0) is 6.54 Å². The van der Waals surface area contributed by atoms with Crippen molar-refractivity contribution in [1.29, 1.82) is 0 Å². The van der Waals surface area contributed by atoms with Gasteiger partial charge in [-0.15, -0.1) is 0 Å². The zero-order valence-corrected chi connectivity index (χ0v) is 11.7. The Bertz CT molecular complexity index is 598. The molecule has 1 aromatic carbocycles. The highest BCUT2D eigenvalue weighted by Crippen LogP contribution is 2.20. The molecule has 0 amide bonds. The van der Waals surface area contributed by atoms with Gasteiger partial charge in [0, 0.05) is 30.5 Å². The van der Waals surface area contributed by atoms with Gasteiger partial charge in [0.2, 0.25) is 0 Å². The number of benzene rings is 1. The number of nitrogens with one attached hydrogen (secondary N) is 1. The standard InChI is InChI=1S/C15H17F2N3O/c1-3-20-10-12(9-19-20)8-18-11(2)13-5-4-6-14(7-13)21-15(16)17/h3-7,9-11,15,18H,1,8H2,2H3. The van der Waals surface area contributed by atoms with Gasteiger partial charge in [0.25, 0.3) is 0 Å². The average Bonchev–Trinajstić information content (AvgIpc) is 2.92. The average molecular weight is 293 g/mol. The molecule has 0 aliphatic carbocycles. The van der Waals surface area contributed by atoms with Crippen LogP contribution in [0.15, 0.2) is 43.2 Å². The van der Waals surface area contributed by atoms with Gasteiger partial charge in [0.1, 0.15) is 5.75 Å². The summed E-state index contributed by atoms with van der Waals surface area (Å²) in [5.74, 6) is 0.163. The molecule has 2 rings (SSSR count). The topological polar surface area (TPSA) is 39.1 Å². The predicted molar refractivity (Wildman–Crippen MR) is 76.9 cm³/mol. The first kappa shape index (κ1) is 15.2. The predicted octanol–water partition coefficient (Wildman–Crippen LogP) is 3.44. The van der Waals surface area contributed by atoms with Gasteiger partial charge in [-0.1, -0.05) is 18.7 Å². The maximum absolute atomic E-state index is 12.2. The van der Waals surface area contributed by atoms with Crippen molar-refractivity contribution >= 4 is 6.20 Å². The zero-order chi connectivity index (χ0) is 15.2. The first-order chi connectivity index (χ1) is 10.1. The molecule has 0 bridgehead atoms. The van der Waals surface area contributed by atoms with Crippen LogP contribution in [0.1, 0.15) is 24.1 Å². The summed E-state index contributed by atoms with van der Waals surface area (Å²) in [6.07, 6.45) is 5.22. The molecule has 112 valence electrons. The Hall–Kier alpha value is -2.21. The summed E-state index contributed by atoms with van der Waals surface area (Å²) in [5, 5.41) is 7.39. The molecule has 21 heavy (non-hydrogen) atoms. The number of alkyl halides is 2. The van der Waals surface area contributed by atoms with Crippen molar-refractivity contribution in [1.82, 2.24) is 15.1 Å². The highest BCUT2D eigenvalue weighted by molar-refractivity contribution is 5.30. The zero-order valence-electron chi connectivity index (χ0n) is 11.7. The quantitative estimate of drug-likeness (QED) is 0.850. The third kappa shape index (κ3) is 4.39. The van der Waals surface area contributed by atoms with Crippen molar-refractivity contribution in [3.05, 3.63) is 54.4 Å². The Morgan fingerprint density at radius 1 is 1.48 bits per heavy atom. The van der Waals surface area contributed by atoms with E-state index in [0.29, 0.717) is 6.54 Å². The van der Waals surface area contributed by atoms with Crippen LogP contribution >= 0.6 is 0 Å². The smallest absolute Gasteiger partial charge is 0.387 e. The second kappa shape index (κ2) is 6.99. The fourth-order valence-electron chi connectivity index (χ4n) is 1.92. The Morgan fingerprint density at radius 2 is 2.29 bits per heavy atom. The van der Waals surface area contributed by atoms with E-state index in [1.807, 2.05) is 19.2 Å². The van der Waals surface area contributed by atoms with Gasteiger partial charge >= 0.3 is 6.61 Å². The van der Waals surface area contributed by atoms with Gasteiger partial charge in [-0.3, -0.25) is 0 Å². The third-order valence-electron chi connectivity index (χ3n) is 3.04. The lowest BCUT2D eigenvalue weighted by Crippen LogP contribution is -2.18. The van der Waals surface area contributed by atoms with Gasteiger partial charge in [0.05, 0.1) is 6.20 Å². The minimum Gasteiger partial charge on any atom is -0.435 e. The Kier molecular flexibility index (Phi) is 5.05. The Balaban J connectivity index is 1.96. The van der Waals surface area contributed by atoms with Crippen molar-refractivity contribution in [2.75, 3.05) is 0 Å². The molecule has 6 heteroatoms. The Morgan fingerprint density at radius 3 is 2.95 bits per heavy atom. The van der Waals surface area contributed by atoms with Gasteiger partial charge in [-0.25, -0.2) is 4.68 Å². The van der Waals surface area contributed by atoms with Crippen LogP contribution in [0.4, 0.5) is 8.78 Å². The molecule has 0 saturated heterocycles. The molecule has 4 nitrogen and oxygen atoms in total. The van der Waals surface area contributed by atoms with E-state index in [1.54, 1.807) is 29.2 Å². The van der Waals surface area contributed by atoms with E-state index in [4.69, 9.17) is 0 Å². The largest absolute Gasteiger partial charge is 0.435 e. The van der Waals surface area contributed by atoms with Gasteiger partial charge in [-0.05, 0) is 24.6 Å². The van der Waals surface area contributed by atoms with Crippen LogP contribution in [-0.4, -0.2) is 16.4 Å². The highest BCUT2D eigenvalue weighted by atomic mass is 19.3. The molecular weight excluding hydrogens is 276 g/mol. The molecular formula is C15H17F2N3O. The van der Waals surface area contributed by atoms with Crippen LogP contribution in [0.5, 0.6) is 5.75 Å². The number of aromatic nitrogens is 2. The number of halogens is 2. The minimum atomic E-state index is -2.81. The van der Waals surface area contributed by atoms with E-state index in [1.165, 1.54) is 6.07 Å². The first-order valence-electron chi connectivity index (χ1n) is 6.52. The van der Waals surface area contributed by atoms with Gasteiger partial charge < -0.3 is 10.1 Å². The molecule has 2 aromatic rings. The van der Waals surface area contributed by atoms with E-state index in [-0.39, 0.29) is 11.8 Å². The van der Waals surface area contributed by atoms with Gasteiger partial charge in [-0.2, -0.15) is 13.9 Å². The molecule has 1 N–H and O–H groups in total. The molecule has 0 aliphatic rings. The van der Waals surface area contributed by atoms with Crippen molar-refractivity contribution in [2.24, 2.45) is 0 Å². The van der Waals surface area contributed by atoms with E-state index >= 15 is 0 Å². The first-order valence-corrected chi connectivity index (χ1v) is 6.52. The molecule has 1 unspecified atom stereocenters. The summed E-state index contributed by atoms with van der Waals surface area (Å²) < 4.78 is 30.4. The molecule has 1 atom stereocenters. The van der Waals surface area contributed by atoms with E-state index in [0.717, 1.165) is 11.1 Å². The number of hydrogen-bond donors (Lipinski definition) is 1. The maximum Gasteiger partial charge on any atom is 0.387 e. The molecule has 0 fully saturated rings. The van der Waals surface area contributed by atoms with E-state index < -0.39 is 6.61 Å². The summed E-state index contributed by atoms with van der Waals surface area (Å²) >= 11 is 0. The Labute approximate surface area is 122 Å². The summed E-state index contributed by atoms with van der Waals surface area (Å²) in [6, 6.07) is 6.68. The monoisotopic (exact) mass is 293 g/mol. The van der Waals surface area contributed by atoms with Crippen molar-refractivity contribution < 1.29 is 13.5 Å². The summed E-state index contributed by atoms with van der Waals surface area (Å²) in [5.41, 5.74) is 1.89.